The average Bonchev–Trinajstić information content (AvgIpc) is 2.94. The van der Waals surface area contributed by atoms with Gasteiger partial charge in [0.05, 0.1) is 25.2 Å². The molecule has 3 heterocycles. The fraction of sp³-hybridized carbons (Fsp3) is 0.444. The lowest BCUT2D eigenvalue weighted by molar-refractivity contribution is -0.384. The Morgan fingerprint density at radius 1 is 1.08 bits per heavy atom. The summed E-state index contributed by atoms with van der Waals surface area (Å²) in [6.07, 6.45) is 0.300. The molecule has 5 rings (SSSR count). The lowest BCUT2D eigenvalue weighted by Crippen LogP contribution is -2.75. The maximum atomic E-state index is 14.3. The number of rotatable bonds is 7. The predicted molar refractivity (Wildman–Crippen MR) is 141 cm³/mol. The molecule has 2 aromatic rings. The second-order valence-electron chi connectivity index (χ2n) is 9.98. The number of carbonyl (C=O) groups excluding carboxylic acids is 3. The van der Waals surface area contributed by atoms with Gasteiger partial charge in [-0.05, 0) is 42.3 Å². The van der Waals surface area contributed by atoms with Crippen molar-refractivity contribution in [2.45, 2.75) is 25.8 Å². The van der Waals surface area contributed by atoms with Crippen molar-refractivity contribution in [1.82, 2.24) is 15.1 Å². The van der Waals surface area contributed by atoms with Gasteiger partial charge in [0.25, 0.3) is 5.69 Å². The van der Waals surface area contributed by atoms with Gasteiger partial charge in [-0.25, -0.2) is 4.79 Å². The average molecular weight is 538 g/mol. The minimum Gasteiger partial charge on any atom is -0.493 e. The molecular weight excluding hydrogens is 506 g/mol. The van der Waals surface area contributed by atoms with E-state index in [1.54, 1.807) is 18.2 Å². The number of barbiturate groups is 1. The molecule has 1 N–H and O–H groups in total. The van der Waals surface area contributed by atoms with Crippen LogP contribution >= 0.6 is 0 Å². The third kappa shape index (κ3) is 4.34. The number of nitro benzene ring substituents is 1. The Bertz CT molecular complexity index is 1350. The predicted octanol–water partition coefficient (Wildman–Crippen LogP) is 1.99. The molecule has 206 valence electrons. The van der Waals surface area contributed by atoms with Crippen molar-refractivity contribution < 1.29 is 28.8 Å². The van der Waals surface area contributed by atoms with Crippen LogP contribution in [-0.4, -0.2) is 85.6 Å². The zero-order chi connectivity index (χ0) is 27.9. The molecule has 2 aromatic carbocycles. The van der Waals surface area contributed by atoms with Gasteiger partial charge in [0.2, 0.25) is 11.8 Å². The maximum absolute atomic E-state index is 14.3. The number of nitro groups is 1. The molecule has 2 atom stereocenters. The summed E-state index contributed by atoms with van der Waals surface area (Å²) in [6, 6.07) is 8.63. The lowest BCUT2D eigenvalue weighted by atomic mass is 9.67. The van der Waals surface area contributed by atoms with E-state index in [1.165, 1.54) is 26.4 Å². The third-order valence-electron chi connectivity index (χ3n) is 8.10. The highest BCUT2D eigenvalue weighted by Gasteiger charge is 2.62. The number of hydrogen-bond acceptors (Lipinski definition) is 9. The van der Waals surface area contributed by atoms with Crippen molar-refractivity contribution in [1.29, 1.82) is 0 Å². The smallest absolute Gasteiger partial charge is 0.330 e. The Morgan fingerprint density at radius 2 is 1.85 bits per heavy atom. The van der Waals surface area contributed by atoms with Gasteiger partial charge in [-0.15, -0.1) is 0 Å². The highest BCUT2D eigenvalue weighted by atomic mass is 16.6. The van der Waals surface area contributed by atoms with E-state index in [-0.39, 0.29) is 18.7 Å². The summed E-state index contributed by atoms with van der Waals surface area (Å²) in [5.74, 6) is -0.156. The monoisotopic (exact) mass is 537 g/mol. The van der Waals surface area contributed by atoms with Crippen LogP contribution in [0.25, 0.3) is 0 Å². The number of methoxy groups -OCH3 is 2. The molecule has 4 amide bonds. The number of amides is 4. The van der Waals surface area contributed by atoms with Crippen LogP contribution in [-0.2, 0) is 22.4 Å². The van der Waals surface area contributed by atoms with Gasteiger partial charge >= 0.3 is 6.03 Å². The molecular formula is C27H31N5O7. The molecule has 2 saturated heterocycles. The number of nitrogens with zero attached hydrogens (tertiary/aromatic N) is 4. The van der Waals surface area contributed by atoms with E-state index < -0.39 is 34.2 Å². The van der Waals surface area contributed by atoms with Gasteiger partial charge in [0.1, 0.15) is 0 Å². The largest absolute Gasteiger partial charge is 0.493 e. The number of non-ortho nitro benzene ring substituents is 1. The highest BCUT2D eigenvalue weighted by molar-refractivity contribution is 6.20. The van der Waals surface area contributed by atoms with E-state index in [4.69, 9.17) is 9.47 Å². The Kier molecular flexibility index (Phi) is 6.89. The first-order valence-corrected chi connectivity index (χ1v) is 12.9. The van der Waals surface area contributed by atoms with Gasteiger partial charge < -0.3 is 14.4 Å². The first-order chi connectivity index (χ1) is 18.7. The molecule has 0 aliphatic carbocycles. The number of urea groups is 1. The van der Waals surface area contributed by atoms with E-state index in [1.807, 2.05) is 17.9 Å². The Labute approximate surface area is 225 Å². The summed E-state index contributed by atoms with van der Waals surface area (Å²) in [5.41, 5.74) is 0.422. The molecule has 0 saturated carbocycles. The summed E-state index contributed by atoms with van der Waals surface area (Å²) < 4.78 is 10.7. The summed E-state index contributed by atoms with van der Waals surface area (Å²) in [6.45, 7) is 4.52. The normalized spacial score (nSPS) is 22.8. The molecule has 39 heavy (non-hydrogen) atoms. The highest BCUT2D eigenvalue weighted by Crippen LogP contribution is 2.46. The molecule has 12 heteroatoms. The third-order valence-corrected chi connectivity index (χ3v) is 8.10. The number of likely N-dealkylation sites (N-methyl/N-ethyl adjacent to an activating group) is 1. The number of piperazine rings is 1. The van der Waals surface area contributed by atoms with E-state index >= 15 is 0 Å². The SMILES string of the molecule is CCN1CCN2c3ccc([N+](=O)[O-])cc3C[C@]3(C(=O)NC(=O)N(CCc4ccc(OC)c(OC)c4)C3=O)[C@H]2C1. The number of imide groups is 2. The van der Waals surface area contributed by atoms with Gasteiger partial charge in [0, 0.05) is 50.4 Å². The number of hydrogen-bond donors (Lipinski definition) is 1. The Morgan fingerprint density at radius 3 is 2.54 bits per heavy atom. The molecule has 2 fully saturated rings. The molecule has 0 unspecified atom stereocenters. The maximum Gasteiger partial charge on any atom is 0.330 e. The zero-order valence-corrected chi connectivity index (χ0v) is 22.1. The quantitative estimate of drug-likeness (QED) is 0.320. The van der Waals surface area contributed by atoms with Gasteiger partial charge in [-0.3, -0.25) is 34.8 Å². The van der Waals surface area contributed by atoms with E-state index in [0.29, 0.717) is 36.6 Å². The molecule has 0 bridgehead atoms. The van der Waals surface area contributed by atoms with E-state index in [9.17, 15) is 24.5 Å². The lowest BCUT2D eigenvalue weighted by Gasteiger charge is -2.55. The first kappa shape index (κ1) is 26.4. The number of anilines is 1. The number of fused-ring (bicyclic) bond motifs is 4. The Balaban J connectivity index is 1.51. The van der Waals surface area contributed by atoms with E-state index in [0.717, 1.165) is 29.2 Å². The van der Waals surface area contributed by atoms with Crippen LogP contribution in [0.3, 0.4) is 0 Å². The van der Waals surface area contributed by atoms with E-state index in [2.05, 4.69) is 10.2 Å². The summed E-state index contributed by atoms with van der Waals surface area (Å²) in [4.78, 5) is 57.2. The molecule has 0 radical (unpaired) electrons. The van der Waals surface area contributed by atoms with Crippen molar-refractivity contribution in [2.24, 2.45) is 5.41 Å². The van der Waals surface area contributed by atoms with Crippen LogP contribution in [0.2, 0.25) is 0 Å². The summed E-state index contributed by atoms with van der Waals surface area (Å²) in [5, 5.41) is 14.0. The van der Waals surface area contributed by atoms with Gasteiger partial charge in [-0.1, -0.05) is 13.0 Å². The van der Waals surface area contributed by atoms with Gasteiger partial charge in [0.15, 0.2) is 16.9 Å². The van der Waals surface area contributed by atoms with Crippen molar-refractivity contribution in [3.05, 3.63) is 57.6 Å². The first-order valence-electron chi connectivity index (χ1n) is 12.9. The zero-order valence-electron chi connectivity index (χ0n) is 22.1. The van der Waals surface area contributed by atoms with Crippen LogP contribution in [0.5, 0.6) is 11.5 Å². The molecule has 3 aliphatic rings. The number of carbonyl (C=O) groups is 3. The van der Waals surface area contributed by atoms with Crippen LogP contribution in [0.4, 0.5) is 16.2 Å². The second-order valence-corrected chi connectivity index (χ2v) is 9.98. The van der Waals surface area contributed by atoms with Crippen molar-refractivity contribution in [2.75, 3.05) is 51.8 Å². The molecule has 1 spiro atoms. The number of ether oxygens (including phenoxy) is 2. The molecule has 12 nitrogen and oxygen atoms in total. The van der Waals surface area contributed by atoms with Crippen LogP contribution in [0, 0.1) is 15.5 Å². The van der Waals surface area contributed by atoms with Crippen molar-refractivity contribution >= 4 is 29.2 Å². The number of benzene rings is 2. The van der Waals surface area contributed by atoms with Crippen molar-refractivity contribution in [3.8, 4) is 11.5 Å². The molecule has 3 aliphatic heterocycles. The standard InChI is InChI=1S/C27H31N5O7/c1-4-29-11-12-30-20-7-6-19(32(36)37)14-18(20)15-27(23(30)16-29)24(33)28-26(35)31(25(27)34)10-9-17-5-8-21(38-2)22(13-17)39-3/h5-8,13-14,23H,4,9-12,15-16H2,1-3H3,(H,28,33,35)/t23-,27-/m1/s1. The van der Waals surface area contributed by atoms with Crippen LogP contribution in [0.15, 0.2) is 36.4 Å². The minimum atomic E-state index is -1.61. The van der Waals surface area contributed by atoms with Crippen molar-refractivity contribution in [3.63, 3.8) is 0 Å². The number of nitrogens with one attached hydrogen (secondary N) is 1. The second kappa shape index (κ2) is 10.2. The van der Waals surface area contributed by atoms with Crippen LogP contribution < -0.4 is 19.7 Å². The fourth-order valence-corrected chi connectivity index (χ4v) is 6.00. The van der Waals surface area contributed by atoms with Crippen LogP contribution in [0.1, 0.15) is 18.1 Å². The topological polar surface area (TPSA) is 135 Å². The Hall–Kier alpha value is -4.19. The molecule has 0 aromatic heterocycles. The minimum absolute atomic E-state index is 0.0342. The fourth-order valence-electron chi connectivity index (χ4n) is 6.00. The van der Waals surface area contributed by atoms with Gasteiger partial charge in [-0.2, -0.15) is 0 Å². The summed E-state index contributed by atoms with van der Waals surface area (Å²) in [7, 11) is 3.06. The summed E-state index contributed by atoms with van der Waals surface area (Å²) >= 11 is 0.